The molecule has 1 aromatic heterocycles. The Labute approximate surface area is 87.7 Å². The highest BCUT2D eigenvalue weighted by Crippen LogP contribution is 2.13. The lowest BCUT2D eigenvalue weighted by atomic mass is 10.1. The van der Waals surface area contributed by atoms with Crippen molar-refractivity contribution in [3.8, 4) is 0 Å². The number of aliphatic hydroxyl groups is 1. The molecule has 2 heterocycles. The highest BCUT2D eigenvalue weighted by Gasteiger charge is 2.21. The Bertz CT molecular complexity index is 257. The van der Waals surface area contributed by atoms with Crippen LogP contribution in [0, 0.1) is 0 Å². The molecule has 0 aromatic carbocycles. The molecule has 14 heavy (non-hydrogen) atoms. The van der Waals surface area contributed by atoms with E-state index < -0.39 is 0 Å². The third-order valence-electron chi connectivity index (χ3n) is 2.41. The third kappa shape index (κ3) is 2.54. The second kappa shape index (κ2) is 4.89. The van der Waals surface area contributed by atoms with E-state index in [1.165, 1.54) is 4.88 Å². The first-order valence-electron chi connectivity index (χ1n) is 4.88. The van der Waals surface area contributed by atoms with Gasteiger partial charge in [-0.15, -0.1) is 11.3 Å². The second-order valence-corrected chi connectivity index (χ2v) is 4.52. The summed E-state index contributed by atoms with van der Waals surface area (Å²) in [5, 5.41) is 15.2. The van der Waals surface area contributed by atoms with Crippen LogP contribution in [-0.2, 0) is 11.2 Å². The molecule has 0 spiro atoms. The van der Waals surface area contributed by atoms with E-state index in [0.717, 1.165) is 19.6 Å². The highest BCUT2D eigenvalue weighted by atomic mass is 32.1. The summed E-state index contributed by atoms with van der Waals surface area (Å²) >= 11 is 1.69. The zero-order valence-corrected chi connectivity index (χ0v) is 8.80. The lowest BCUT2D eigenvalue weighted by Gasteiger charge is -2.27. The summed E-state index contributed by atoms with van der Waals surface area (Å²) < 4.78 is 5.30. The number of thiophene rings is 1. The molecular weight excluding hydrogens is 198 g/mol. The normalized spacial score (nSPS) is 24.8. The number of morpholine rings is 1. The number of ether oxygens (including phenoxy) is 1. The highest BCUT2D eigenvalue weighted by molar-refractivity contribution is 7.09. The monoisotopic (exact) mass is 213 g/mol. The molecule has 1 saturated heterocycles. The first-order chi connectivity index (χ1) is 6.86. The lowest BCUT2D eigenvalue weighted by molar-refractivity contribution is 0.0190. The molecule has 78 valence electrons. The van der Waals surface area contributed by atoms with Crippen molar-refractivity contribution in [3.05, 3.63) is 22.4 Å². The third-order valence-corrected chi connectivity index (χ3v) is 3.30. The molecule has 0 radical (unpaired) electrons. The predicted octanol–water partition coefficient (Wildman–Crippen LogP) is 0.640. The molecular formula is C10H15NO2S. The van der Waals surface area contributed by atoms with Gasteiger partial charge in [0, 0.05) is 17.8 Å². The van der Waals surface area contributed by atoms with Crippen molar-refractivity contribution in [1.82, 2.24) is 5.32 Å². The first kappa shape index (κ1) is 10.1. The number of rotatable bonds is 3. The van der Waals surface area contributed by atoms with E-state index in [1.54, 1.807) is 11.3 Å². The molecule has 1 fully saturated rings. The van der Waals surface area contributed by atoms with Crippen molar-refractivity contribution < 1.29 is 9.84 Å². The standard InChI is InChI=1S/C10H15NO2S/c12-10(6-8-2-1-5-14-8)9-7-13-4-3-11-9/h1-2,5,9-12H,3-4,6-7H2. The van der Waals surface area contributed by atoms with Gasteiger partial charge in [-0.2, -0.15) is 0 Å². The van der Waals surface area contributed by atoms with Crippen molar-refractivity contribution in [1.29, 1.82) is 0 Å². The maximum absolute atomic E-state index is 9.91. The second-order valence-electron chi connectivity index (χ2n) is 3.49. The molecule has 1 aromatic rings. The van der Waals surface area contributed by atoms with Crippen LogP contribution in [0.2, 0.25) is 0 Å². The minimum absolute atomic E-state index is 0.0887. The van der Waals surface area contributed by atoms with Gasteiger partial charge in [0.2, 0.25) is 0 Å². The van der Waals surface area contributed by atoms with E-state index in [-0.39, 0.29) is 12.1 Å². The van der Waals surface area contributed by atoms with Gasteiger partial charge in [-0.3, -0.25) is 0 Å². The zero-order valence-electron chi connectivity index (χ0n) is 7.98. The average Bonchev–Trinajstić information content (AvgIpc) is 2.72. The minimum Gasteiger partial charge on any atom is -0.391 e. The van der Waals surface area contributed by atoms with Crippen LogP contribution in [0.1, 0.15) is 4.88 Å². The van der Waals surface area contributed by atoms with Gasteiger partial charge in [0.1, 0.15) is 0 Å². The van der Waals surface area contributed by atoms with Crippen LogP contribution < -0.4 is 5.32 Å². The molecule has 2 atom stereocenters. The van der Waals surface area contributed by atoms with Crippen molar-refractivity contribution >= 4 is 11.3 Å². The quantitative estimate of drug-likeness (QED) is 0.774. The number of nitrogens with one attached hydrogen (secondary N) is 1. The van der Waals surface area contributed by atoms with Gasteiger partial charge >= 0.3 is 0 Å². The molecule has 0 amide bonds. The van der Waals surface area contributed by atoms with Gasteiger partial charge < -0.3 is 15.2 Å². The topological polar surface area (TPSA) is 41.5 Å². The molecule has 1 aliphatic rings. The Morgan fingerprint density at radius 2 is 2.64 bits per heavy atom. The van der Waals surface area contributed by atoms with Gasteiger partial charge in [-0.05, 0) is 11.4 Å². The Hall–Kier alpha value is -0.420. The Morgan fingerprint density at radius 1 is 1.71 bits per heavy atom. The molecule has 4 heteroatoms. The van der Waals surface area contributed by atoms with Crippen molar-refractivity contribution in [2.24, 2.45) is 0 Å². The van der Waals surface area contributed by atoms with Crippen LogP contribution in [0.15, 0.2) is 17.5 Å². The van der Waals surface area contributed by atoms with E-state index >= 15 is 0 Å². The summed E-state index contributed by atoms with van der Waals surface area (Å²) in [5.41, 5.74) is 0. The number of hydrogen-bond donors (Lipinski definition) is 2. The van der Waals surface area contributed by atoms with Gasteiger partial charge in [0.05, 0.1) is 25.4 Å². The fourth-order valence-electron chi connectivity index (χ4n) is 1.61. The fraction of sp³-hybridized carbons (Fsp3) is 0.600. The van der Waals surface area contributed by atoms with Crippen LogP contribution in [0.25, 0.3) is 0 Å². The summed E-state index contributed by atoms with van der Waals surface area (Å²) in [7, 11) is 0. The molecule has 0 saturated carbocycles. The lowest BCUT2D eigenvalue weighted by Crippen LogP contribution is -2.49. The van der Waals surface area contributed by atoms with E-state index in [2.05, 4.69) is 11.4 Å². The predicted molar refractivity (Wildman–Crippen MR) is 56.6 cm³/mol. The molecule has 2 unspecified atom stereocenters. The van der Waals surface area contributed by atoms with Crippen molar-refractivity contribution in [2.45, 2.75) is 18.6 Å². The maximum atomic E-state index is 9.91. The molecule has 3 nitrogen and oxygen atoms in total. The maximum Gasteiger partial charge on any atom is 0.0763 e. The summed E-state index contributed by atoms with van der Waals surface area (Å²) in [4.78, 5) is 1.23. The number of aliphatic hydroxyl groups excluding tert-OH is 1. The molecule has 0 aliphatic carbocycles. The van der Waals surface area contributed by atoms with Crippen LogP contribution in [0.4, 0.5) is 0 Å². The van der Waals surface area contributed by atoms with Gasteiger partial charge in [-0.25, -0.2) is 0 Å². The molecule has 1 aliphatic heterocycles. The van der Waals surface area contributed by atoms with E-state index in [1.807, 2.05) is 11.4 Å². The van der Waals surface area contributed by atoms with Crippen molar-refractivity contribution in [2.75, 3.05) is 19.8 Å². The molecule has 2 rings (SSSR count). The molecule has 2 N–H and O–H groups in total. The smallest absolute Gasteiger partial charge is 0.0763 e. The van der Waals surface area contributed by atoms with E-state index in [0.29, 0.717) is 6.61 Å². The first-order valence-corrected chi connectivity index (χ1v) is 5.76. The molecule has 0 bridgehead atoms. The van der Waals surface area contributed by atoms with Gasteiger partial charge in [0.25, 0.3) is 0 Å². The van der Waals surface area contributed by atoms with Gasteiger partial charge in [-0.1, -0.05) is 6.07 Å². The fourth-order valence-corrected chi connectivity index (χ4v) is 2.37. The van der Waals surface area contributed by atoms with Crippen molar-refractivity contribution in [3.63, 3.8) is 0 Å². The summed E-state index contributed by atoms with van der Waals surface area (Å²) in [6.07, 6.45) is 0.382. The SMILES string of the molecule is OC(Cc1cccs1)C1COCCN1. The van der Waals surface area contributed by atoms with Crippen LogP contribution in [-0.4, -0.2) is 37.0 Å². The van der Waals surface area contributed by atoms with Gasteiger partial charge in [0.15, 0.2) is 0 Å². The number of hydrogen-bond acceptors (Lipinski definition) is 4. The van der Waals surface area contributed by atoms with E-state index in [9.17, 15) is 5.11 Å². The minimum atomic E-state index is -0.339. The van der Waals surface area contributed by atoms with Crippen LogP contribution >= 0.6 is 11.3 Å². The zero-order chi connectivity index (χ0) is 9.80. The average molecular weight is 213 g/mol. The van der Waals surface area contributed by atoms with E-state index in [4.69, 9.17) is 4.74 Å². The Balaban J connectivity index is 1.85. The largest absolute Gasteiger partial charge is 0.391 e. The van der Waals surface area contributed by atoms with Crippen LogP contribution in [0.3, 0.4) is 0 Å². The summed E-state index contributed by atoms with van der Waals surface area (Å²) in [5.74, 6) is 0. The Kier molecular flexibility index (Phi) is 3.53. The van der Waals surface area contributed by atoms with Crippen LogP contribution in [0.5, 0.6) is 0 Å². The summed E-state index contributed by atoms with van der Waals surface area (Å²) in [6, 6.07) is 4.15. The summed E-state index contributed by atoms with van der Waals surface area (Å²) in [6.45, 7) is 2.21. The Morgan fingerprint density at radius 3 is 3.29 bits per heavy atom.